The van der Waals surface area contributed by atoms with Crippen molar-refractivity contribution in [2.24, 2.45) is 4.99 Å². The van der Waals surface area contributed by atoms with Crippen LogP contribution < -0.4 is 29.1 Å². The Bertz CT molecular complexity index is 1900. The third-order valence-electron chi connectivity index (χ3n) is 6.64. The topological polar surface area (TPSA) is 141 Å². The molecule has 2 aromatic carbocycles. The Balaban J connectivity index is 1.90. The zero-order valence-electron chi connectivity index (χ0n) is 26.2. The fraction of sp³-hybridized carbons (Fsp3) is 0.344. The number of hydrogen-bond donors (Lipinski definition) is 0. The van der Waals surface area contributed by atoms with Crippen molar-refractivity contribution in [1.29, 1.82) is 0 Å². The summed E-state index contributed by atoms with van der Waals surface area (Å²) < 4.78 is 33.7. The highest BCUT2D eigenvalue weighted by molar-refractivity contribution is 7.07. The van der Waals surface area contributed by atoms with Crippen molar-refractivity contribution in [3.8, 4) is 17.2 Å². The Morgan fingerprint density at radius 3 is 2.34 bits per heavy atom. The number of thiazole rings is 1. The molecule has 0 radical (unpaired) electrons. The molecule has 2 heterocycles. The van der Waals surface area contributed by atoms with E-state index in [4.69, 9.17) is 46.9 Å². The second kappa shape index (κ2) is 16.0. The lowest BCUT2D eigenvalue weighted by molar-refractivity contribution is -0.145. The summed E-state index contributed by atoms with van der Waals surface area (Å²) in [6.45, 7) is 6.56. The molecule has 1 atom stereocenters. The van der Waals surface area contributed by atoms with E-state index < -0.39 is 36.1 Å². The predicted molar refractivity (Wildman–Crippen MR) is 174 cm³/mol. The van der Waals surface area contributed by atoms with Crippen LogP contribution in [-0.2, 0) is 28.6 Å². The van der Waals surface area contributed by atoms with Gasteiger partial charge in [-0.05, 0) is 63.6 Å². The summed E-state index contributed by atoms with van der Waals surface area (Å²) in [5.41, 5.74) is 0.855. The molecule has 3 aromatic rings. The summed E-state index contributed by atoms with van der Waals surface area (Å²) in [6, 6.07) is 6.90. The van der Waals surface area contributed by atoms with E-state index in [2.05, 4.69) is 9.73 Å². The van der Waals surface area contributed by atoms with Crippen molar-refractivity contribution >= 4 is 58.5 Å². The van der Waals surface area contributed by atoms with Gasteiger partial charge in [0, 0.05) is 10.6 Å². The monoisotopic (exact) mass is 706 g/mol. The van der Waals surface area contributed by atoms with Gasteiger partial charge in [0.15, 0.2) is 29.5 Å². The summed E-state index contributed by atoms with van der Waals surface area (Å²) in [5.74, 6) is -1.15. The molecule has 1 aromatic heterocycles. The fourth-order valence-corrected chi connectivity index (χ4v) is 6.30. The molecule has 47 heavy (non-hydrogen) atoms. The van der Waals surface area contributed by atoms with E-state index in [9.17, 15) is 19.2 Å². The van der Waals surface area contributed by atoms with Crippen molar-refractivity contribution in [3.63, 3.8) is 0 Å². The van der Waals surface area contributed by atoms with E-state index >= 15 is 0 Å². The van der Waals surface area contributed by atoms with Crippen LogP contribution in [0.1, 0.15) is 44.9 Å². The lowest BCUT2D eigenvalue weighted by Gasteiger charge is -2.25. The molecule has 1 aliphatic rings. The van der Waals surface area contributed by atoms with E-state index in [0.717, 1.165) is 11.3 Å². The van der Waals surface area contributed by atoms with E-state index in [1.165, 1.54) is 23.8 Å². The zero-order valence-corrected chi connectivity index (χ0v) is 28.5. The number of benzene rings is 2. The maximum absolute atomic E-state index is 14.2. The Hall–Kier alpha value is -4.33. The Kier molecular flexibility index (Phi) is 12.1. The number of nitrogens with zero attached hydrogens (tertiary/aromatic N) is 2. The second-order valence-electron chi connectivity index (χ2n) is 9.71. The van der Waals surface area contributed by atoms with Gasteiger partial charge in [0.25, 0.3) is 5.56 Å². The van der Waals surface area contributed by atoms with Crippen LogP contribution in [0.3, 0.4) is 0 Å². The Morgan fingerprint density at radius 1 is 0.936 bits per heavy atom. The van der Waals surface area contributed by atoms with Gasteiger partial charge < -0.3 is 28.4 Å². The first kappa shape index (κ1) is 35.5. The molecule has 4 rings (SSSR count). The molecule has 0 amide bonds. The lowest BCUT2D eigenvalue weighted by atomic mass is 9.95. The number of rotatable bonds is 13. The van der Waals surface area contributed by atoms with Crippen LogP contribution >= 0.6 is 34.5 Å². The van der Waals surface area contributed by atoms with Crippen LogP contribution in [0.5, 0.6) is 17.2 Å². The van der Waals surface area contributed by atoms with Crippen molar-refractivity contribution in [3.05, 3.63) is 82.5 Å². The first-order chi connectivity index (χ1) is 22.5. The largest absolute Gasteiger partial charge is 0.490 e. The predicted octanol–water partition coefficient (Wildman–Crippen LogP) is 4.00. The first-order valence-electron chi connectivity index (χ1n) is 14.5. The van der Waals surface area contributed by atoms with Gasteiger partial charge >= 0.3 is 17.9 Å². The standard InChI is InChI=1S/C32H32Cl2N2O10S/c1-6-42-23-12-18(9-10-22(23)45-15-25(37)41-5)28-27(31(40)44-8-3)17(4)35-32-36(28)30(39)24(47-32)13-19-11-20(33)14-21(34)29(19)46-16-26(38)43-7-2/h9-14,28H,6-8,15-16H2,1-5H3/b24-13+/t28-/m0/s1. The molecular formula is C32H32Cl2N2O10S. The van der Waals surface area contributed by atoms with Crippen LogP contribution in [0, 0.1) is 0 Å². The molecule has 0 saturated heterocycles. The molecular weight excluding hydrogens is 675 g/mol. The number of carbonyl (C=O) groups excluding carboxylic acids is 3. The number of allylic oxidation sites excluding steroid dienone is 1. The first-order valence-corrected chi connectivity index (χ1v) is 16.0. The van der Waals surface area contributed by atoms with Crippen molar-refractivity contribution in [1.82, 2.24) is 4.57 Å². The van der Waals surface area contributed by atoms with Gasteiger partial charge in [-0.2, -0.15) is 0 Å². The van der Waals surface area contributed by atoms with Crippen LogP contribution in [0.2, 0.25) is 10.0 Å². The third-order valence-corrected chi connectivity index (χ3v) is 8.12. The SMILES string of the molecule is CCOC(=O)COc1c(Cl)cc(Cl)cc1/C=c1/sc2n(c1=O)[C@@H](c1ccc(OCC(=O)OC)c(OCC)c1)C(C(=O)OCC)=C(C)N=2. The average molecular weight is 708 g/mol. The second-order valence-corrected chi connectivity index (χ2v) is 11.6. The van der Waals surface area contributed by atoms with Gasteiger partial charge in [0.1, 0.15) is 5.75 Å². The number of fused-ring (bicyclic) bond motifs is 1. The normalized spacial score (nSPS) is 14.2. The highest BCUT2D eigenvalue weighted by Gasteiger charge is 2.34. The molecule has 15 heteroatoms. The smallest absolute Gasteiger partial charge is 0.344 e. The molecule has 0 saturated carbocycles. The Morgan fingerprint density at radius 2 is 1.66 bits per heavy atom. The number of esters is 3. The summed E-state index contributed by atoms with van der Waals surface area (Å²) in [6.07, 6.45) is 1.53. The van der Waals surface area contributed by atoms with Crippen molar-refractivity contribution in [2.75, 3.05) is 40.1 Å². The molecule has 0 aliphatic carbocycles. The van der Waals surface area contributed by atoms with Gasteiger partial charge in [0.2, 0.25) is 0 Å². The number of ether oxygens (including phenoxy) is 6. The number of aromatic nitrogens is 1. The molecule has 250 valence electrons. The summed E-state index contributed by atoms with van der Waals surface area (Å²) in [7, 11) is 1.25. The number of halogens is 2. The lowest BCUT2D eigenvalue weighted by Crippen LogP contribution is -2.40. The van der Waals surface area contributed by atoms with Gasteiger partial charge in [0.05, 0.1) is 53.8 Å². The average Bonchev–Trinajstić information content (AvgIpc) is 3.33. The summed E-state index contributed by atoms with van der Waals surface area (Å²) >= 11 is 13.8. The summed E-state index contributed by atoms with van der Waals surface area (Å²) in [5, 5.41) is 0.394. The van der Waals surface area contributed by atoms with E-state index in [0.29, 0.717) is 21.6 Å². The fourth-order valence-electron chi connectivity index (χ4n) is 4.70. The Labute approximate surface area is 283 Å². The number of methoxy groups -OCH3 is 1. The van der Waals surface area contributed by atoms with Crippen LogP contribution in [0.4, 0.5) is 0 Å². The molecule has 0 fully saturated rings. The van der Waals surface area contributed by atoms with Gasteiger partial charge in [-0.15, -0.1) is 0 Å². The number of hydrogen-bond acceptors (Lipinski definition) is 12. The van der Waals surface area contributed by atoms with Crippen molar-refractivity contribution < 1.29 is 42.8 Å². The maximum atomic E-state index is 14.2. The van der Waals surface area contributed by atoms with Gasteiger partial charge in [-0.25, -0.2) is 19.4 Å². The molecule has 0 spiro atoms. The van der Waals surface area contributed by atoms with Crippen LogP contribution in [0.15, 0.2) is 51.4 Å². The maximum Gasteiger partial charge on any atom is 0.344 e. The minimum Gasteiger partial charge on any atom is -0.490 e. The third kappa shape index (κ3) is 8.16. The number of carbonyl (C=O) groups is 3. The molecule has 0 unspecified atom stereocenters. The summed E-state index contributed by atoms with van der Waals surface area (Å²) in [4.78, 5) is 56.1. The van der Waals surface area contributed by atoms with E-state index in [-0.39, 0.29) is 63.8 Å². The van der Waals surface area contributed by atoms with Crippen LogP contribution in [0.25, 0.3) is 6.08 Å². The van der Waals surface area contributed by atoms with E-state index in [1.54, 1.807) is 52.0 Å². The highest BCUT2D eigenvalue weighted by atomic mass is 35.5. The minimum atomic E-state index is -0.969. The zero-order chi connectivity index (χ0) is 34.2. The molecule has 12 nitrogen and oxygen atoms in total. The van der Waals surface area contributed by atoms with Gasteiger partial charge in [-0.1, -0.05) is 40.6 Å². The quantitative estimate of drug-likeness (QED) is 0.189. The molecule has 1 aliphatic heterocycles. The minimum absolute atomic E-state index is 0.0986. The highest BCUT2D eigenvalue weighted by Crippen LogP contribution is 2.37. The molecule has 0 N–H and O–H groups in total. The van der Waals surface area contributed by atoms with E-state index in [1.807, 2.05) is 0 Å². The van der Waals surface area contributed by atoms with Crippen LogP contribution in [-0.4, -0.2) is 62.6 Å². The van der Waals surface area contributed by atoms with Crippen molar-refractivity contribution in [2.45, 2.75) is 33.7 Å². The molecule has 0 bridgehead atoms. The van der Waals surface area contributed by atoms with Gasteiger partial charge in [-0.3, -0.25) is 9.36 Å².